The Bertz CT molecular complexity index is 744. The molecule has 1 atom stereocenters. The second kappa shape index (κ2) is 12.1. The molecule has 4 nitrogen and oxygen atoms in total. The lowest BCUT2D eigenvalue weighted by molar-refractivity contribution is -0.141. The van der Waals surface area contributed by atoms with Gasteiger partial charge in [-0.15, -0.1) is 0 Å². The summed E-state index contributed by atoms with van der Waals surface area (Å²) >= 11 is 0. The van der Waals surface area contributed by atoms with Crippen LogP contribution < -0.4 is 5.32 Å². The van der Waals surface area contributed by atoms with Gasteiger partial charge in [-0.1, -0.05) is 81.4 Å². The monoisotopic (exact) mass is 394 g/mol. The third kappa shape index (κ3) is 7.72. The molecule has 0 unspecified atom stereocenters. The molecule has 29 heavy (non-hydrogen) atoms. The Morgan fingerprint density at radius 3 is 2.07 bits per heavy atom. The van der Waals surface area contributed by atoms with Crippen LogP contribution in [0.2, 0.25) is 0 Å². The zero-order valence-corrected chi connectivity index (χ0v) is 17.9. The number of nitrogens with one attached hydrogen (secondary N) is 1. The molecule has 4 heteroatoms. The molecule has 0 heterocycles. The van der Waals surface area contributed by atoms with E-state index in [4.69, 9.17) is 0 Å². The lowest BCUT2D eigenvalue weighted by atomic mass is 10.0. The SMILES string of the molecule is CCCC(=O)N(Cc1ccccc1)[C@H](Cc1ccccc1)C(=O)NCCC(C)C. The van der Waals surface area contributed by atoms with Gasteiger partial charge in [-0.3, -0.25) is 9.59 Å². The van der Waals surface area contributed by atoms with Gasteiger partial charge in [0.1, 0.15) is 6.04 Å². The van der Waals surface area contributed by atoms with E-state index in [0.29, 0.717) is 31.8 Å². The Morgan fingerprint density at radius 1 is 0.931 bits per heavy atom. The number of hydrogen-bond acceptors (Lipinski definition) is 2. The Morgan fingerprint density at radius 2 is 1.52 bits per heavy atom. The van der Waals surface area contributed by atoms with E-state index in [0.717, 1.165) is 24.0 Å². The standard InChI is InChI=1S/C25H34N2O2/c1-4-11-24(28)27(19-22-14-9-6-10-15-22)23(18-21-12-7-5-8-13-21)25(29)26-17-16-20(2)3/h5-10,12-15,20,23H,4,11,16-19H2,1-3H3,(H,26,29)/t23-/m1/s1. The third-order valence-electron chi connectivity index (χ3n) is 4.95. The molecule has 2 rings (SSSR count). The van der Waals surface area contributed by atoms with Crippen molar-refractivity contribution in [2.75, 3.05) is 6.54 Å². The first-order chi connectivity index (χ1) is 14.0. The van der Waals surface area contributed by atoms with E-state index in [2.05, 4.69) is 19.2 Å². The van der Waals surface area contributed by atoms with Gasteiger partial charge in [-0.25, -0.2) is 0 Å². The van der Waals surface area contributed by atoms with Crippen LogP contribution in [-0.4, -0.2) is 29.3 Å². The normalized spacial score (nSPS) is 11.9. The predicted molar refractivity (Wildman–Crippen MR) is 118 cm³/mol. The fourth-order valence-electron chi connectivity index (χ4n) is 3.29. The van der Waals surface area contributed by atoms with E-state index in [9.17, 15) is 9.59 Å². The molecule has 0 aliphatic carbocycles. The van der Waals surface area contributed by atoms with Gasteiger partial charge in [-0.2, -0.15) is 0 Å². The highest BCUT2D eigenvalue weighted by Crippen LogP contribution is 2.16. The van der Waals surface area contributed by atoms with Crippen LogP contribution in [0.15, 0.2) is 60.7 Å². The lowest BCUT2D eigenvalue weighted by Gasteiger charge is -2.31. The summed E-state index contributed by atoms with van der Waals surface area (Å²) in [6.45, 7) is 7.34. The van der Waals surface area contributed by atoms with Gasteiger partial charge in [0.25, 0.3) is 0 Å². The molecule has 0 aliphatic rings. The van der Waals surface area contributed by atoms with E-state index in [1.54, 1.807) is 4.90 Å². The van der Waals surface area contributed by atoms with Crippen LogP contribution in [0.1, 0.15) is 51.2 Å². The van der Waals surface area contributed by atoms with Crippen molar-refractivity contribution in [1.82, 2.24) is 10.2 Å². The first kappa shape index (κ1) is 22.7. The highest BCUT2D eigenvalue weighted by molar-refractivity contribution is 5.88. The van der Waals surface area contributed by atoms with Gasteiger partial charge in [-0.05, 0) is 29.9 Å². The van der Waals surface area contributed by atoms with Crippen molar-refractivity contribution in [2.45, 2.75) is 59.0 Å². The average molecular weight is 395 g/mol. The summed E-state index contributed by atoms with van der Waals surface area (Å²) in [5.41, 5.74) is 2.09. The summed E-state index contributed by atoms with van der Waals surface area (Å²) < 4.78 is 0. The highest BCUT2D eigenvalue weighted by Gasteiger charge is 2.29. The molecule has 0 saturated carbocycles. The first-order valence-corrected chi connectivity index (χ1v) is 10.7. The van der Waals surface area contributed by atoms with Gasteiger partial charge in [0.05, 0.1) is 0 Å². The minimum absolute atomic E-state index is 0.0243. The smallest absolute Gasteiger partial charge is 0.243 e. The zero-order chi connectivity index (χ0) is 21.1. The van der Waals surface area contributed by atoms with E-state index in [-0.39, 0.29) is 11.8 Å². The number of benzene rings is 2. The summed E-state index contributed by atoms with van der Waals surface area (Å²) in [7, 11) is 0. The fraction of sp³-hybridized carbons (Fsp3) is 0.440. The van der Waals surface area contributed by atoms with Crippen molar-refractivity contribution >= 4 is 11.8 Å². The van der Waals surface area contributed by atoms with Crippen molar-refractivity contribution in [3.05, 3.63) is 71.8 Å². The maximum Gasteiger partial charge on any atom is 0.243 e. The molecule has 0 aliphatic heterocycles. The van der Waals surface area contributed by atoms with Gasteiger partial charge in [0.2, 0.25) is 11.8 Å². The largest absolute Gasteiger partial charge is 0.354 e. The molecular formula is C25H34N2O2. The minimum Gasteiger partial charge on any atom is -0.354 e. The molecule has 2 aromatic carbocycles. The summed E-state index contributed by atoms with van der Waals surface area (Å²) in [6, 6.07) is 19.3. The Labute approximate surface area is 175 Å². The van der Waals surface area contributed by atoms with Crippen LogP contribution in [0.3, 0.4) is 0 Å². The van der Waals surface area contributed by atoms with Crippen molar-refractivity contribution in [3.8, 4) is 0 Å². The summed E-state index contributed by atoms with van der Waals surface area (Å²) in [6.07, 6.45) is 2.64. The number of carbonyl (C=O) groups is 2. The molecule has 2 aromatic rings. The highest BCUT2D eigenvalue weighted by atomic mass is 16.2. The van der Waals surface area contributed by atoms with Gasteiger partial charge in [0, 0.05) is 25.9 Å². The first-order valence-electron chi connectivity index (χ1n) is 10.7. The zero-order valence-electron chi connectivity index (χ0n) is 17.9. The Kier molecular flexibility index (Phi) is 9.42. The Hall–Kier alpha value is -2.62. The van der Waals surface area contributed by atoms with Gasteiger partial charge >= 0.3 is 0 Å². The molecule has 0 bridgehead atoms. The molecule has 0 saturated heterocycles. The van der Waals surface area contributed by atoms with Crippen LogP contribution in [-0.2, 0) is 22.6 Å². The predicted octanol–water partition coefficient (Wildman–Crippen LogP) is 4.59. The molecular weight excluding hydrogens is 360 g/mol. The molecule has 0 aromatic heterocycles. The maximum atomic E-state index is 13.2. The van der Waals surface area contributed by atoms with Crippen molar-refractivity contribution in [2.24, 2.45) is 5.92 Å². The van der Waals surface area contributed by atoms with Crippen LogP contribution in [0, 0.1) is 5.92 Å². The van der Waals surface area contributed by atoms with E-state index >= 15 is 0 Å². The molecule has 0 radical (unpaired) electrons. The second-order valence-electron chi connectivity index (χ2n) is 7.94. The summed E-state index contributed by atoms with van der Waals surface area (Å²) in [5, 5.41) is 3.06. The van der Waals surface area contributed by atoms with E-state index in [1.165, 1.54) is 0 Å². The van der Waals surface area contributed by atoms with Crippen LogP contribution in [0.25, 0.3) is 0 Å². The minimum atomic E-state index is -0.524. The number of carbonyl (C=O) groups excluding carboxylic acids is 2. The van der Waals surface area contributed by atoms with Crippen molar-refractivity contribution < 1.29 is 9.59 Å². The van der Waals surface area contributed by atoms with Crippen LogP contribution in [0.5, 0.6) is 0 Å². The summed E-state index contributed by atoms with van der Waals surface area (Å²) in [5.74, 6) is 0.469. The van der Waals surface area contributed by atoms with Crippen molar-refractivity contribution in [3.63, 3.8) is 0 Å². The third-order valence-corrected chi connectivity index (χ3v) is 4.95. The molecule has 0 spiro atoms. The number of nitrogens with zero attached hydrogens (tertiary/aromatic N) is 1. The maximum absolute atomic E-state index is 13.2. The molecule has 1 N–H and O–H groups in total. The Balaban J connectivity index is 2.27. The molecule has 156 valence electrons. The van der Waals surface area contributed by atoms with E-state index in [1.807, 2.05) is 67.6 Å². The number of hydrogen-bond donors (Lipinski definition) is 1. The van der Waals surface area contributed by atoms with Gasteiger partial charge < -0.3 is 10.2 Å². The van der Waals surface area contributed by atoms with Crippen LogP contribution >= 0.6 is 0 Å². The summed E-state index contributed by atoms with van der Waals surface area (Å²) in [4.78, 5) is 27.9. The second-order valence-corrected chi connectivity index (χ2v) is 7.94. The average Bonchev–Trinajstić information content (AvgIpc) is 2.72. The van der Waals surface area contributed by atoms with E-state index < -0.39 is 6.04 Å². The van der Waals surface area contributed by atoms with Crippen molar-refractivity contribution in [1.29, 1.82) is 0 Å². The molecule has 0 fully saturated rings. The lowest BCUT2D eigenvalue weighted by Crippen LogP contribution is -2.50. The molecule has 2 amide bonds. The number of amides is 2. The van der Waals surface area contributed by atoms with Gasteiger partial charge in [0.15, 0.2) is 0 Å². The van der Waals surface area contributed by atoms with Crippen LogP contribution in [0.4, 0.5) is 0 Å². The fourth-order valence-corrected chi connectivity index (χ4v) is 3.29. The quantitative estimate of drug-likeness (QED) is 0.606. The number of rotatable bonds is 11. The topological polar surface area (TPSA) is 49.4 Å².